The molecule has 1 heterocycles. The summed E-state index contributed by atoms with van der Waals surface area (Å²) in [6, 6.07) is 16.3. The predicted molar refractivity (Wildman–Crippen MR) is 104 cm³/mol. The molecule has 3 aromatic rings. The van der Waals surface area contributed by atoms with E-state index in [1.165, 1.54) is 6.08 Å². The molecule has 0 unspecified atom stereocenters. The first-order valence-electron chi connectivity index (χ1n) is 8.62. The topological polar surface area (TPSA) is 65.5 Å². The first kappa shape index (κ1) is 18.3. The van der Waals surface area contributed by atoms with Crippen LogP contribution in [0.15, 0.2) is 66.9 Å². The summed E-state index contributed by atoms with van der Waals surface area (Å²) in [6.45, 7) is 2.13. The van der Waals surface area contributed by atoms with Crippen LogP contribution in [-0.2, 0) is 9.53 Å². The summed E-state index contributed by atoms with van der Waals surface area (Å²) in [5.41, 5.74) is 2.07. The number of esters is 1. The predicted octanol–water partition coefficient (Wildman–Crippen LogP) is 4.07. The maximum atomic E-state index is 12.1. The summed E-state index contributed by atoms with van der Waals surface area (Å²) in [5, 5.41) is 0.985. The molecule has 3 rings (SSSR count). The van der Waals surface area contributed by atoms with Gasteiger partial charge in [0.05, 0.1) is 12.1 Å². The summed E-state index contributed by atoms with van der Waals surface area (Å²) in [7, 11) is 0. The van der Waals surface area contributed by atoms with Crippen LogP contribution in [0.4, 0.5) is 0 Å². The number of rotatable bonds is 7. The van der Waals surface area contributed by atoms with Crippen molar-refractivity contribution in [3.63, 3.8) is 0 Å². The number of ether oxygens (including phenoxy) is 2. The molecule has 5 heteroatoms. The third-order valence-corrected chi connectivity index (χ3v) is 3.90. The summed E-state index contributed by atoms with van der Waals surface area (Å²) in [6.07, 6.45) is 4.64. The van der Waals surface area contributed by atoms with Gasteiger partial charge in [-0.2, -0.15) is 0 Å². The van der Waals surface area contributed by atoms with Crippen LogP contribution in [0, 0.1) is 0 Å². The van der Waals surface area contributed by atoms with Gasteiger partial charge < -0.3 is 9.47 Å². The van der Waals surface area contributed by atoms with E-state index in [4.69, 9.17) is 9.47 Å². The number of pyridine rings is 1. The van der Waals surface area contributed by atoms with Crippen molar-refractivity contribution in [3.8, 4) is 5.75 Å². The number of aromatic nitrogens is 1. The lowest BCUT2D eigenvalue weighted by atomic mass is 10.1. The van der Waals surface area contributed by atoms with Gasteiger partial charge in [0.2, 0.25) is 0 Å². The second-order valence-corrected chi connectivity index (χ2v) is 5.74. The van der Waals surface area contributed by atoms with E-state index in [1.54, 1.807) is 36.5 Å². The zero-order valence-corrected chi connectivity index (χ0v) is 14.9. The Morgan fingerprint density at radius 1 is 1.04 bits per heavy atom. The molecule has 0 saturated heterocycles. The van der Waals surface area contributed by atoms with Gasteiger partial charge in [-0.15, -0.1) is 0 Å². The fraction of sp³-hybridized carbons (Fsp3) is 0.136. The third-order valence-electron chi connectivity index (χ3n) is 3.90. The van der Waals surface area contributed by atoms with Crippen LogP contribution in [-0.4, -0.2) is 30.0 Å². The third kappa shape index (κ3) is 4.79. The number of carbonyl (C=O) groups is 2. The molecular weight excluding hydrogens is 342 g/mol. The number of hydrogen-bond acceptors (Lipinski definition) is 5. The molecule has 5 nitrogen and oxygen atoms in total. The van der Waals surface area contributed by atoms with E-state index in [-0.39, 0.29) is 12.4 Å². The van der Waals surface area contributed by atoms with Gasteiger partial charge in [-0.1, -0.05) is 24.3 Å². The maximum Gasteiger partial charge on any atom is 0.331 e. The SMILES string of the molecule is CCOc1ccc(C(=O)COC(=O)/C=C/c2cccc3cccnc23)cc1. The Hall–Kier alpha value is -3.47. The van der Waals surface area contributed by atoms with E-state index >= 15 is 0 Å². The molecule has 0 aliphatic rings. The fourth-order valence-corrected chi connectivity index (χ4v) is 2.59. The lowest BCUT2D eigenvalue weighted by molar-refractivity contribution is -0.136. The highest BCUT2D eigenvalue weighted by Gasteiger charge is 2.09. The number of nitrogens with zero attached hydrogens (tertiary/aromatic N) is 1. The minimum atomic E-state index is -0.581. The zero-order chi connectivity index (χ0) is 19.1. The average Bonchev–Trinajstić information content (AvgIpc) is 2.71. The molecule has 0 radical (unpaired) electrons. The van der Waals surface area contributed by atoms with Crippen molar-refractivity contribution >= 4 is 28.7 Å². The van der Waals surface area contributed by atoms with E-state index in [9.17, 15) is 9.59 Å². The minimum Gasteiger partial charge on any atom is -0.494 e. The van der Waals surface area contributed by atoms with Gasteiger partial charge in [0.15, 0.2) is 12.4 Å². The summed E-state index contributed by atoms with van der Waals surface area (Å²) in [5.74, 6) is -0.161. The first-order valence-corrected chi connectivity index (χ1v) is 8.62. The van der Waals surface area contributed by atoms with Crippen LogP contribution in [0.3, 0.4) is 0 Å². The first-order chi connectivity index (χ1) is 13.2. The molecule has 0 fully saturated rings. The molecule has 0 bridgehead atoms. The second kappa shape index (κ2) is 8.76. The molecule has 136 valence electrons. The van der Waals surface area contributed by atoms with Crippen LogP contribution >= 0.6 is 0 Å². The highest BCUT2D eigenvalue weighted by molar-refractivity contribution is 5.99. The van der Waals surface area contributed by atoms with Crippen molar-refractivity contribution in [1.82, 2.24) is 4.98 Å². The van der Waals surface area contributed by atoms with Crippen molar-refractivity contribution in [1.29, 1.82) is 0 Å². The molecule has 0 amide bonds. The Morgan fingerprint density at radius 2 is 1.81 bits per heavy atom. The van der Waals surface area contributed by atoms with Gasteiger partial charge in [0.1, 0.15) is 5.75 Å². The van der Waals surface area contributed by atoms with Crippen LogP contribution in [0.2, 0.25) is 0 Å². The van der Waals surface area contributed by atoms with Gasteiger partial charge in [-0.05, 0) is 43.3 Å². The Bertz CT molecular complexity index is 972. The van der Waals surface area contributed by atoms with Gasteiger partial charge >= 0.3 is 5.97 Å². The van der Waals surface area contributed by atoms with Crippen LogP contribution in [0.25, 0.3) is 17.0 Å². The van der Waals surface area contributed by atoms with Crippen LogP contribution in [0.1, 0.15) is 22.8 Å². The number of para-hydroxylation sites is 1. The van der Waals surface area contributed by atoms with Gasteiger partial charge in [-0.3, -0.25) is 9.78 Å². The molecule has 0 aliphatic heterocycles. The number of fused-ring (bicyclic) bond motifs is 1. The van der Waals surface area contributed by atoms with E-state index < -0.39 is 5.97 Å². The normalized spacial score (nSPS) is 10.9. The monoisotopic (exact) mass is 361 g/mol. The lowest BCUT2D eigenvalue weighted by Crippen LogP contribution is -2.12. The number of Topliss-reactive ketones (excluding diaryl/α,β-unsaturated/α-hetero) is 1. The molecule has 1 aromatic heterocycles. The smallest absolute Gasteiger partial charge is 0.331 e. The van der Waals surface area contributed by atoms with Crippen molar-refractivity contribution in [2.24, 2.45) is 0 Å². The van der Waals surface area contributed by atoms with Crippen LogP contribution < -0.4 is 4.74 Å². The quantitative estimate of drug-likeness (QED) is 0.360. The Balaban J connectivity index is 1.59. The number of ketones is 1. The minimum absolute atomic E-state index is 0.272. The summed E-state index contributed by atoms with van der Waals surface area (Å²) < 4.78 is 10.4. The molecule has 0 spiro atoms. The molecule has 0 atom stereocenters. The fourth-order valence-electron chi connectivity index (χ4n) is 2.59. The number of hydrogen-bond donors (Lipinski definition) is 0. The Morgan fingerprint density at radius 3 is 2.59 bits per heavy atom. The van der Waals surface area contributed by atoms with E-state index in [0.29, 0.717) is 17.9 Å². The largest absolute Gasteiger partial charge is 0.494 e. The average molecular weight is 361 g/mol. The summed E-state index contributed by atoms with van der Waals surface area (Å²) in [4.78, 5) is 28.4. The van der Waals surface area contributed by atoms with Crippen molar-refractivity contribution < 1.29 is 19.1 Å². The molecule has 0 aliphatic carbocycles. The summed E-state index contributed by atoms with van der Waals surface area (Å²) >= 11 is 0. The number of benzene rings is 2. The molecule has 0 saturated carbocycles. The molecule has 27 heavy (non-hydrogen) atoms. The number of carbonyl (C=O) groups excluding carboxylic acids is 2. The van der Waals surface area contributed by atoms with Gasteiger partial charge in [0, 0.05) is 28.8 Å². The Kier molecular flexibility index (Phi) is 5.94. The van der Waals surface area contributed by atoms with E-state index in [0.717, 1.165) is 16.5 Å². The van der Waals surface area contributed by atoms with Crippen LogP contribution in [0.5, 0.6) is 5.75 Å². The lowest BCUT2D eigenvalue weighted by Gasteiger charge is -2.05. The molecule has 2 aromatic carbocycles. The maximum absolute atomic E-state index is 12.1. The second-order valence-electron chi connectivity index (χ2n) is 5.74. The molecule has 0 N–H and O–H groups in total. The van der Waals surface area contributed by atoms with Crippen molar-refractivity contribution in [3.05, 3.63) is 78.0 Å². The van der Waals surface area contributed by atoms with Gasteiger partial charge in [0.25, 0.3) is 0 Å². The molecular formula is C22H19NO4. The highest BCUT2D eigenvalue weighted by Crippen LogP contribution is 2.17. The van der Waals surface area contributed by atoms with E-state index in [1.807, 2.05) is 37.3 Å². The Labute approximate surface area is 157 Å². The highest BCUT2D eigenvalue weighted by atomic mass is 16.5. The van der Waals surface area contributed by atoms with Crippen molar-refractivity contribution in [2.45, 2.75) is 6.92 Å². The van der Waals surface area contributed by atoms with E-state index in [2.05, 4.69) is 4.98 Å². The van der Waals surface area contributed by atoms with Gasteiger partial charge in [-0.25, -0.2) is 4.79 Å². The zero-order valence-electron chi connectivity index (χ0n) is 14.9. The van der Waals surface area contributed by atoms with Crippen molar-refractivity contribution in [2.75, 3.05) is 13.2 Å². The standard InChI is InChI=1S/C22H19NO4/c1-2-26-19-11-8-16(9-12-19)20(24)15-27-21(25)13-10-18-6-3-5-17-7-4-14-23-22(17)18/h3-14H,2,15H2,1H3/b13-10+.